The van der Waals surface area contributed by atoms with Gasteiger partial charge in [0.15, 0.2) is 0 Å². The van der Waals surface area contributed by atoms with E-state index in [9.17, 15) is 5.11 Å². The monoisotopic (exact) mass is 180 g/mol. The van der Waals surface area contributed by atoms with Crippen LogP contribution in [0, 0.1) is 5.92 Å². The lowest BCUT2D eigenvalue weighted by Gasteiger charge is -2.11. The quantitative estimate of drug-likeness (QED) is 0.762. The van der Waals surface area contributed by atoms with Gasteiger partial charge in [-0.25, -0.2) is 0 Å². The number of hydrogen-bond donors (Lipinski definition) is 1. The Labute approximate surface area is 78.9 Å². The van der Waals surface area contributed by atoms with Gasteiger partial charge >= 0.3 is 0 Å². The Morgan fingerprint density at radius 1 is 1.38 bits per heavy atom. The van der Waals surface area contributed by atoms with Crippen LogP contribution in [-0.2, 0) is 6.42 Å². The molecule has 0 bridgehead atoms. The molecule has 1 aromatic rings. The Morgan fingerprint density at radius 3 is 2.69 bits per heavy atom. The standard InChI is InChI=1S/C10H16N2O/c1-8(2)5-10(13)6-9-7-11-3-4-12-9/h3-4,7-8,10,13H,5-6H2,1-2H3. The fraction of sp³-hybridized carbons (Fsp3) is 0.600. The smallest absolute Gasteiger partial charge is 0.0612 e. The molecule has 1 N–H and O–H groups in total. The lowest BCUT2D eigenvalue weighted by Crippen LogP contribution is -2.14. The lowest BCUT2D eigenvalue weighted by molar-refractivity contribution is 0.148. The third-order valence-electron chi connectivity index (χ3n) is 1.80. The van der Waals surface area contributed by atoms with E-state index in [1.54, 1.807) is 18.6 Å². The van der Waals surface area contributed by atoms with Gasteiger partial charge in [-0.05, 0) is 12.3 Å². The van der Waals surface area contributed by atoms with E-state index in [2.05, 4.69) is 23.8 Å². The van der Waals surface area contributed by atoms with E-state index in [-0.39, 0.29) is 6.10 Å². The fourth-order valence-corrected chi connectivity index (χ4v) is 1.30. The number of aromatic nitrogens is 2. The average Bonchev–Trinajstić information content (AvgIpc) is 2.04. The highest BCUT2D eigenvalue weighted by Crippen LogP contribution is 2.08. The summed E-state index contributed by atoms with van der Waals surface area (Å²) in [7, 11) is 0. The molecule has 1 rings (SSSR count). The molecular formula is C10H16N2O. The molecule has 13 heavy (non-hydrogen) atoms. The highest BCUT2D eigenvalue weighted by atomic mass is 16.3. The summed E-state index contributed by atoms with van der Waals surface area (Å²) in [6.45, 7) is 4.19. The molecule has 0 aromatic carbocycles. The maximum Gasteiger partial charge on any atom is 0.0612 e. The van der Waals surface area contributed by atoms with Gasteiger partial charge in [-0.2, -0.15) is 0 Å². The molecule has 0 saturated carbocycles. The molecule has 1 heterocycles. The summed E-state index contributed by atoms with van der Waals surface area (Å²) in [5.41, 5.74) is 0.857. The summed E-state index contributed by atoms with van der Waals surface area (Å²) < 4.78 is 0. The largest absolute Gasteiger partial charge is 0.393 e. The van der Waals surface area contributed by atoms with E-state index < -0.39 is 0 Å². The van der Waals surface area contributed by atoms with Crippen LogP contribution in [0.15, 0.2) is 18.6 Å². The van der Waals surface area contributed by atoms with Crippen molar-refractivity contribution in [2.45, 2.75) is 32.8 Å². The summed E-state index contributed by atoms with van der Waals surface area (Å²) in [6, 6.07) is 0. The first-order valence-corrected chi connectivity index (χ1v) is 4.61. The van der Waals surface area contributed by atoms with E-state index in [0.29, 0.717) is 12.3 Å². The van der Waals surface area contributed by atoms with Gasteiger partial charge in [-0.1, -0.05) is 13.8 Å². The Balaban J connectivity index is 2.41. The van der Waals surface area contributed by atoms with Crippen LogP contribution in [0.4, 0.5) is 0 Å². The van der Waals surface area contributed by atoms with Crippen molar-refractivity contribution >= 4 is 0 Å². The summed E-state index contributed by atoms with van der Waals surface area (Å²) >= 11 is 0. The number of hydrogen-bond acceptors (Lipinski definition) is 3. The van der Waals surface area contributed by atoms with Crippen molar-refractivity contribution in [2.24, 2.45) is 5.92 Å². The second kappa shape index (κ2) is 4.92. The summed E-state index contributed by atoms with van der Waals surface area (Å²) in [5, 5.41) is 9.61. The zero-order chi connectivity index (χ0) is 9.68. The van der Waals surface area contributed by atoms with Crippen molar-refractivity contribution in [2.75, 3.05) is 0 Å². The van der Waals surface area contributed by atoms with Gasteiger partial charge in [0.1, 0.15) is 0 Å². The molecule has 0 aliphatic carbocycles. The molecule has 0 amide bonds. The first-order valence-electron chi connectivity index (χ1n) is 4.61. The minimum Gasteiger partial charge on any atom is -0.393 e. The maximum atomic E-state index is 9.61. The van der Waals surface area contributed by atoms with Crippen LogP contribution in [-0.4, -0.2) is 21.2 Å². The fourth-order valence-electron chi connectivity index (χ4n) is 1.30. The minimum absolute atomic E-state index is 0.295. The SMILES string of the molecule is CC(C)CC(O)Cc1cnccn1. The first kappa shape index (κ1) is 10.1. The van der Waals surface area contributed by atoms with Crippen molar-refractivity contribution in [1.29, 1.82) is 0 Å². The molecule has 0 aliphatic heterocycles. The number of rotatable bonds is 4. The molecule has 1 aromatic heterocycles. The van der Waals surface area contributed by atoms with Crippen LogP contribution in [0.5, 0.6) is 0 Å². The van der Waals surface area contributed by atoms with Crippen LogP contribution in [0.3, 0.4) is 0 Å². The molecule has 1 atom stereocenters. The summed E-state index contributed by atoms with van der Waals surface area (Å²) in [4.78, 5) is 8.05. The third kappa shape index (κ3) is 3.99. The zero-order valence-corrected chi connectivity index (χ0v) is 8.14. The van der Waals surface area contributed by atoms with Crippen molar-refractivity contribution in [1.82, 2.24) is 9.97 Å². The summed E-state index contributed by atoms with van der Waals surface area (Å²) in [6.07, 6.45) is 6.11. The van der Waals surface area contributed by atoms with E-state index in [1.165, 1.54) is 0 Å². The van der Waals surface area contributed by atoms with E-state index >= 15 is 0 Å². The van der Waals surface area contributed by atoms with Crippen LogP contribution < -0.4 is 0 Å². The second-order valence-corrected chi connectivity index (χ2v) is 3.68. The van der Waals surface area contributed by atoms with Gasteiger partial charge < -0.3 is 5.11 Å². The third-order valence-corrected chi connectivity index (χ3v) is 1.80. The predicted octanol–water partition coefficient (Wildman–Crippen LogP) is 1.43. The Bertz CT molecular complexity index is 236. The summed E-state index contributed by atoms with van der Waals surface area (Å²) in [5.74, 6) is 0.520. The van der Waals surface area contributed by atoms with Crippen molar-refractivity contribution in [3.8, 4) is 0 Å². The van der Waals surface area contributed by atoms with Gasteiger partial charge in [0, 0.05) is 25.0 Å². The van der Waals surface area contributed by atoms with Gasteiger partial charge in [-0.15, -0.1) is 0 Å². The van der Waals surface area contributed by atoms with Crippen molar-refractivity contribution in [3.63, 3.8) is 0 Å². The molecule has 0 saturated heterocycles. The number of aliphatic hydroxyl groups is 1. The number of nitrogens with zero attached hydrogens (tertiary/aromatic N) is 2. The van der Waals surface area contributed by atoms with Crippen LogP contribution in [0.25, 0.3) is 0 Å². The van der Waals surface area contributed by atoms with Gasteiger partial charge in [0.2, 0.25) is 0 Å². The van der Waals surface area contributed by atoms with Gasteiger partial charge in [-0.3, -0.25) is 9.97 Å². The Hall–Kier alpha value is -0.960. The molecular weight excluding hydrogens is 164 g/mol. The average molecular weight is 180 g/mol. The highest BCUT2D eigenvalue weighted by molar-refractivity contribution is 4.96. The molecule has 3 heteroatoms. The molecule has 0 radical (unpaired) electrons. The van der Waals surface area contributed by atoms with Gasteiger partial charge in [0.05, 0.1) is 11.8 Å². The molecule has 0 fully saturated rings. The Morgan fingerprint density at radius 2 is 2.15 bits per heavy atom. The molecule has 72 valence electrons. The number of aliphatic hydroxyl groups excluding tert-OH is 1. The first-order chi connectivity index (χ1) is 6.18. The normalized spacial score (nSPS) is 13.2. The van der Waals surface area contributed by atoms with Gasteiger partial charge in [0.25, 0.3) is 0 Å². The molecule has 0 aliphatic rings. The molecule has 3 nitrogen and oxygen atoms in total. The minimum atomic E-state index is -0.295. The van der Waals surface area contributed by atoms with Crippen LogP contribution in [0.1, 0.15) is 26.0 Å². The van der Waals surface area contributed by atoms with Crippen molar-refractivity contribution in [3.05, 3.63) is 24.3 Å². The topological polar surface area (TPSA) is 46.0 Å². The maximum absolute atomic E-state index is 9.61. The van der Waals surface area contributed by atoms with E-state index in [1.807, 2.05) is 0 Å². The lowest BCUT2D eigenvalue weighted by atomic mass is 10.0. The predicted molar refractivity (Wildman–Crippen MR) is 51.2 cm³/mol. The van der Waals surface area contributed by atoms with Crippen LogP contribution in [0.2, 0.25) is 0 Å². The zero-order valence-electron chi connectivity index (χ0n) is 8.14. The molecule has 0 spiro atoms. The second-order valence-electron chi connectivity index (χ2n) is 3.68. The van der Waals surface area contributed by atoms with E-state index in [4.69, 9.17) is 0 Å². The van der Waals surface area contributed by atoms with Crippen molar-refractivity contribution < 1.29 is 5.11 Å². The highest BCUT2D eigenvalue weighted by Gasteiger charge is 2.08. The van der Waals surface area contributed by atoms with Crippen LogP contribution >= 0.6 is 0 Å². The van der Waals surface area contributed by atoms with E-state index in [0.717, 1.165) is 12.1 Å². The Kier molecular flexibility index (Phi) is 3.83. The molecule has 1 unspecified atom stereocenters.